The predicted molar refractivity (Wildman–Crippen MR) is 93.5 cm³/mol. The van der Waals surface area contributed by atoms with Gasteiger partial charge in [0, 0.05) is 6.04 Å². The molecule has 2 rings (SSSR count). The molecule has 0 saturated carbocycles. The summed E-state index contributed by atoms with van der Waals surface area (Å²) in [6, 6.07) is 4.92. The number of nitrogens with zero attached hydrogens (tertiary/aromatic N) is 1. The number of aryl methyl sites for hydroxylation is 2. The van der Waals surface area contributed by atoms with Crippen molar-refractivity contribution in [1.82, 2.24) is 9.88 Å². The van der Waals surface area contributed by atoms with Crippen molar-refractivity contribution in [2.75, 3.05) is 13.2 Å². The van der Waals surface area contributed by atoms with Crippen LogP contribution in [0.5, 0.6) is 11.5 Å². The van der Waals surface area contributed by atoms with Gasteiger partial charge in [-0.15, -0.1) is 0 Å². The summed E-state index contributed by atoms with van der Waals surface area (Å²) >= 11 is 0. The Morgan fingerprint density at radius 2 is 1.80 bits per heavy atom. The van der Waals surface area contributed by atoms with Gasteiger partial charge < -0.3 is 14.0 Å². The summed E-state index contributed by atoms with van der Waals surface area (Å²) in [5.74, 6) is 1.48. The van der Waals surface area contributed by atoms with Crippen molar-refractivity contribution in [1.29, 1.82) is 0 Å². The first-order chi connectivity index (χ1) is 11.8. The van der Waals surface area contributed by atoms with Gasteiger partial charge in [-0.05, 0) is 52.3 Å². The Balaban J connectivity index is 2.28. The van der Waals surface area contributed by atoms with Crippen molar-refractivity contribution in [3.63, 3.8) is 0 Å². The minimum absolute atomic E-state index is 0.0790. The highest BCUT2D eigenvalue weighted by Crippen LogP contribution is 2.31. The second-order valence-corrected chi connectivity index (χ2v) is 7.22. The van der Waals surface area contributed by atoms with Crippen molar-refractivity contribution < 1.29 is 22.4 Å². The average molecular weight is 368 g/mol. The van der Waals surface area contributed by atoms with Gasteiger partial charge in [-0.2, -0.15) is 0 Å². The molecule has 8 heteroatoms. The number of rotatable bonds is 8. The number of nitrogens with one attached hydrogen (secondary N) is 1. The van der Waals surface area contributed by atoms with Crippen LogP contribution in [-0.2, 0) is 10.0 Å². The monoisotopic (exact) mass is 368 g/mol. The molecule has 0 unspecified atom stereocenters. The normalized spacial score (nSPS) is 12.8. The van der Waals surface area contributed by atoms with Crippen LogP contribution in [0.2, 0.25) is 0 Å². The van der Waals surface area contributed by atoms with Gasteiger partial charge in [-0.25, -0.2) is 13.1 Å². The van der Waals surface area contributed by atoms with Crippen LogP contribution in [0.25, 0.3) is 0 Å². The molecule has 2 aromatic rings. The second-order valence-electron chi connectivity index (χ2n) is 5.57. The van der Waals surface area contributed by atoms with Crippen LogP contribution in [-0.4, -0.2) is 26.8 Å². The van der Waals surface area contributed by atoms with Crippen LogP contribution < -0.4 is 14.2 Å². The predicted octanol–water partition coefficient (Wildman–Crippen LogP) is 3.13. The van der Waals surface area contributed by atoms with Crippen molar-refractivity contribution in [2.24, 2.45) is 0 Å². The highest BCUT2D eigenvalue weighted by atomic mass is 32.2. The topological polar surface area (TPSA) is 90.7 Å². The van der Waals surface area contributed by atoms with Crippen molar-refractivity contribution in [2.45, 2.75) is 45.6 Å². The van der Waals surface area contributed by atoms with E-state index in [4.69, 9.17) is 14.0 Å². The number of ether oxygens (including phenoxy) is 2. The Kier molecular flexibility index (Phi) is 6.07. The van der Waals surface area contributed by atoms with Crippen LogP contribution in [0.1, 0.15) is 43.8 Å². The fourth-order valence-electron chi connectivity index (χ4n) is 2.56. The minimum atomic E-state index is -3.75. The fraction of sp³-hybridized carbons (Fsp3) is 0.471. The highest BCUT2D eigenvalue weighted by molar-refractivity contribution is 7.89. The standard InChI is InChI=1S/C17H24N2O5S/c1-6-22-15-9-8-14(10-16(15)23-7-2)11(3)19-25(20,21)17-12(4)18-24-13(17)5/h8-11,19H,6-7H2,1-5H3/t11-/m1/s1. The number of hydrogen-bond donors (Lipinski definition) is 1. The van der Waals surface area contributed by atoms with Crippen molar-refractivity contribution in [3.05, 3.63) is 35.2 Å². The molecule has 138 valence electrons. The van der Waals surface area contributed by atoms with E-state index in [0.717, 1.165) is 5.56 Å². The third-order valence-corrected chi connectivity index (χ3v) is 5.42. The molecule has 25 heavy (non-hydrogen) atoms. The molecule has 1 N–H and O–H groups in total. The van der Waals surface area contributed by atoms with E-state index >= 15 is 0 Å². The largest absolute Gasteiger partial charge is 0.490 e. The number of sulfonamides is 1. The fourth-order valence-corrected chi connectivity index (χ4v) is 4.12. The van der Waals surface area contributed by atoms with Crippen molar-refractivity contribution >= 4 is 10.0 Å². The molecule has 0 bridgehead atoms. The lowest BCUT2D eigenvalue weighted by atomic mass is 10.1. The van der Waals surface area contributed by atoms with E-state index in [9.17, 15) is 8.42 Å². The summed E-state index contributed by atoms with van der Waals surface area (Å²) in [5, 5.41) is 3.70. The zero-order chi connectivity index (χ0) is 18.6. The molecule has 7 nitrogen and oxygen atoms in total. The summed E-state index contributed by atoms with van der Waals surface area (Å²) in [7, 11) is -3.75. The molecule has 0 amide bonds. The minimum Gasteiger partial charge on any atom is -0.490 e. The molecule has 0 aliphatic carbocycles. The van der Waals surface area contributed by atoms with E-state index in [1.807, 2.05) is 19.9 Å². The lowest BCUT2D eigenvalue weighted by Gasteiger charge is -2.17. The highest BCUT2D eigenvalue weighted by Gasteiger charge is 2.26. The molecule has 1 aromatic heterocycles. The van der Waals surface area contributed by atoms with E-state index < -0.39 is 16.1 Å². The van der Waals surface area contributed by atoms with E-state index in [1.54, 1.807) is 32.9 Å². The van der Waals surface area contributed by atoms with E-state index in [1.165, 1.54) is 0 Å². The van der Waals surface area contributed by atoms with Gasteiger partial charge in [0.2, 0.25) is 10.0 Å². The maximum absolute atomic E-state index is 12.6. The molecule has 0 radical (unpaired) electrons. The quantitative estimate of drug-likeness (QED) is 0.770. The first-order valence-corrected chi connectivity index (χ1v) is 9.63. The van der Waals surface area contributed by atoms with Crippen molar-refractivity contribution in [3.8, 4) is 11.5 Å². The first-order valence-electron chi connectivity index (χ1n) is 8.14. The summed E-state index contributed by atoms with van der Waals surface area (Å²) in [6.45, 7) is 9.72. The van der Waals surface area contributed by atoms with Gasteiger partial charge in [0.05, 0.1) is 13.2 Å². The SMILES string of the molecule is CCOc1ccc([C@@H](C)NS(=O)(=O)c2c(C)noc2C)cc1OCC. The smallest absolute Gasteiger partial charge is 0.246 e. The molecule has 0 fully saturated rings. The third kappa shape index (κ3) is 4.32. The molecule has 0 saturated heterocycles. The summed E-state index contributed by atoms with van der Waals surface area (Å²) in [5.41, 5.74) is 1.10. The lowest BCUT2D eigenvalue weighted by Crippen LogP contribution is -2.27. The van der Waals surface area contributed by atoms with Gasteiger partial charge in [0.1, 0.15) is 10.6 Å². The summed E-state index contributed by atoms with van der Waals surface area (Å²) in [4.78, 5) is 0.0790. The lowest BCUT2D eigenvalue weighted by molar-refractivity contribution is 0.287. The third-order valence-electron chi connectivity index (χ3n) is 3.64. The summed E-state index contributed by atoms with van der Waals surface area (Å²) < 4.78 is 44.0. The zero-order valence-electron chi connectivity index (χ0n) is 15.1. The molecular weight excluding hydrogens is 344 g/mol. The molecule has 0 aliphatic heterocycles. The van der Waals surface area contributed by atoms with Crippen LogP contribution in [0.15, 0.2) is 27.6 Å². The Bertz CT molecular complexity index is 810. The van der Waals surface area contributed by atoms with Crippen LogP contribution >= 0.6 is 0 Å². The van der Waals surface area contributed by atoms with Gasteiger partial charge in [-0.1, -0.05) is 11.2 Å². The molecule has 0 spiro atoms. The second kappa shape index (κ2) is 7.88. The number of aromatic nitrogens is 1. The molecule has 1 heterocycles. The Hall–Kier alpha value is -2.06. The maximum Gasteiger partial charge on any atom is 0.246 e. The number of benzene rings is 1. The van der Waals surface area contributed by atoms with Gasteiger partial charge in [0.25, 0.3) is 0 Å². The van der Waals surface area contributed by atoms with Gasteiger partial charge in [-0.3, -0.25) is 0 Å². The van der Waals surface area contributed by atoms with Crippen LogP contribution in [0, 0.1) is 13.8 Å². The van der Waals surface area contributed by atoms with E-state index in [0.29, 0.717) is 30.4 Å². The van der Waals surface area contributed by atoms with Crippen LogP contribution in [0.3, 0.4) is 0 Å². The summed E-state index contributed by atoms with van der Waals surface area (Å²) in [6.07, 6.45) is 0. The Morgan fingerprint density at radius 1 is 1.16 bits per heavy atom. The van der Waals surface area contributed by atoms with Gasteiger partial charge in [0.15, 0.2) is 17.3 Å². The first kappa shape index (κ1) is 19.3. The molecular formula is C17H24N2O5S. The van der Waals surface area contributed by atoms with Gasteiger partial charge >= 0.3 is 0 Å². The molecule has 1 atom stereocenters. The molecule has 0 aliphatic rings. The maximum atomic E-state index is 12.6. The van der Waals surface area contributed by atoms with E-state index in [2.05, 4.69) is 9.88 Å². The zero-order valence-corrected chi connectivity index (χ0v) is 15.9. The Labute approximate surface area is 148 Å². The Morgan fingerprint density at radius 3 is 2.36 bits per heavy atom. The average Bonchev–Trinajstić information content (AvgIpc) is 2.88. The number of hydrogen-bond acceptors (Lipinski definition) is 6. The van der Waals surface area contributed by atoms with E-state index in [-0.39, 0.29) is 10.7 Å². The van der Waals surface area contributed by atoms with Crippen LogP contribution in [0.4, 0.5) is 0 Å². The molecule has 1 aromatic carbocycles.